The molecule has 2 aromatic rings. The van der Waals surface area contributed by atoms with Gasteiger partial charge in [-0.1, -0.05) is 70.5 Å². The third kappa shape index (κ3) is 6.55. The van der Waals surface area contributed by atoms with Crippen LogP contribution in [0.5, 0.6) is 0 Å². The molecule has 1 unspecified atom stereocenters. The number of alkyl halides is 1. The number of rotatable bonds is 9. The molecule has 1 atom stereocenters. The smallest absolute Gasteiger partial charge is 0.324 e. The van der Waals surface area contributed by atoms with E-state index in [1.807, 2.05) is 42.5 Å². The molecule has 0 bridgehead atoms. The minimum Gasteiger partial charge on any atom is -0.324 e. The fourth-order valence-corrected chi connectivity index (χ4v) is 4.34. The van der Waals surface area contributed by atoms with Crippen molar-refractivity contribution in [3.63, 3.8) is 0 Å². The Hall–Kier alpha value is -1.50. The molecule has 1 amide bonds. The number of benzene rings is 2. The molecule has 2 aromatic carbocycles. The summed E-state index contributed by atoms with van der Waals surface area (Å²) in [5.41, 5.74) is 1.29. The molecular weight excluding hydrogens is 433 g/mol. The largest absolute Gasteiger partial charge is 0.333 e. The summed E-state index contributed by atoms with van der Waals surface area (Å²) in [5, 5.41) is 1.65. The second-order valence-electron chi connectivity index (χ2n) is 6.11. The molecule has 0 fully saturated rings. The Morgan fingerprint density at radius 2 is 1.78 bits per heavy atom. The Balaban J connectivity index is 2.11. The van der Waals surface area contributed by atoms with Crippen molar-refractivity contribution in [2.75, 3.05) is 6.54 Å². The minimum atomic E-state index is -4.42. The van der Waals surface area contributed by atoms with Crippen molar-refractivity contribution in [1.29, 1.82) is 0 Å². The third-order valence-corrected chi connectivity index (χ3v) is 6.10. The number of nitrogens with zero attached hydrogens (tertiary/aromatic N) is 1. The first-order valence-corrected chi connectivity index (χ1v) is 11.3. The van der Waals surface area contributed by atoms with Crippen LogP contribution < -0.4 is 0 Å². The second-order valence-corrected chi connectivity index (χ2v) is 8.47. The second kappa shape index (κ2) is 10.2. The maximum absolute atomic E-state index is 12.1. The van der Waals surface area contributed by atoms with Crippen LogP contribution in [0.3, 0.4) is 0 Å². The summed E-state index contributed by atoms with van der Waals surface area (Å²) in [6.07, 6.45) is 0.0860. The molecule has 2 rings (SSSR count). The van der Waals surface area contributed by atoms with Crippen LogP contribution in [0.2, 0.25) is 0 Å². The summed E-state index contributed by atoms with van der Waals surface area (Å²) in [6.45, 7) is 1.65. The Bertz CT molecular complexity index is 796. The van der Waals surface area contributed by atoms with Crippen molar-refractivity contribution in [2.45, 2.75) is 30.9 Å². The highest BCUT2D eigenvalue weighted by molar-refractivity contribution is 9.08. The van der Waals surface area contributed by atoms with Crippen molar-refractivity contribution in [2.24, 2.45) is 0 Å². The molecule has 27 heavy (non-hydrogen) atoms. The van der Waals surface area contributed by atoms with Crippen LogP contribution in [0.25, 0.3) is 0 Å². The Labute approximate surface area is 167 Å². The quantitative estimate of drug-likeness (QED) is 0.336. The number of amides is 1. The average Bonchev–Trinajstić information content (AvgIpc) is 2.64. The molecule has 0 aliphatic rings. The first-order chi connectivity index (χ1) is 12.8. The van der Waals surface area contributed by atoms with E-state index >= 15 is 0 Å². The lowest BCUT2D eigenvalue weighted by atomic mass is 10.0. The molecule has 0 spiro atoms. The molecule has 0 aromatic heterocycles. The predicted octanol–water partition coefficient (Wildman–Crippen LogP) is 4.17. The number of hydrogen-bond donors (Lipinski definition) is 2. The predicted molar refractivity (Wildman–Crippen MR) is 107 cm³/mol. The van der Waals surface area contributed by atoms with Gasteiger partial charge in [0.25, 0.3) is 0 Å². The number of carbonyl (C=O) groups is 1. The van der Waals surface area contributed by atoms with Crippen molar-refractivity contribution in [1.82, 2.24) is 5.06 Å². The summed E-state index contributed by atoms with van der Waals surface area (Å²) in [6, 6.07) is 16.5. The van der Waals surface area contributed by atoms with E-state index < -0.39 is 13.3 Å². The molecule has 0 heterocycles. The van der Waals surface area contributed by atoms with E-state index in [4.69, 9.17) is 4.84 Å². The number of hydrogen-bond acceptors (Lipinski definition) is 3. The Morgan fingerprint density at radius 3 is 2.37 bits per heavy atom. The van der Waals surface area contributed by atoms with Gasteiger partial charge in [0.05, 0.1) is 5.66 Å². The lowest BCUT2D eigenvalue weighted by molar-refractivity contribution is -0.189. The molecule has 0 aliphatic carbocycles. The van der Waals surface area contributed by atoms with Crippen LogP contribution in [0.4, 0.5) is 0 Å². The van der Waals surface area contributed by atoms with Crippen molar-refractivity contribution in [3.8, 4) is 0 Å². The van der Waals surface area contributed by atoms with Crippen LogP contribution in [-0.4, -0.2) is 27.3 Å². The summed E-state index contributed by atoms with van der Waals surface area (Å²) in [4.78, 5) is 37.2. The molecule has 0 radical (unpaired) electrons. The van der Waals surface area contributed by atoms with Gasteiger partial charge in [0.1, 0.15) is 6.61 Å². The van der Waals surface area contributed by atoms with Gasteiger partial charge in [-0.3, -0.25) is 14.2 Å². The standard InChI is InChI=1S/C19H23BrNO5P/c1-15(22)21(26-14-16-7-3-2-4-8-16)12-11-19(27(23,24)25)18-10-6-5-9-17(18)13-20/h2-10,19H,11-14H2,1H3,(H2,23,24,25). The van der Waals surface area contributed by atoms with E-state index in [9.17, 15) is 19.1 Å². The van der Waals surface area contributed by atoms with Gasteiger partial charge in [0.2, 0.25) is 5.91 Å². The monoisotopic (exact) mass is 455 g/mol. The first kappa shape index (κ1) is 21.8. The van der Waals surface area contributed by atoms with Gasteiger partial charge < -0.3 is 9.79 Å². The molecule has 146 valence electrons. The number of hydroxylamine groups is 2. The van der Waals surface area contributed by atoms with Gasteiger partial charge in [0.15, 0.2) is 0 Å². The van der Waals surface area contributed by atoms with Crippen LogP contribution >= 0.6 is 23.5 Å². The van der Waals surface area contributed by atoms with Gasteiger partial charge in [0, 0.05) is 18.8 Å². The van der Waals surface area contributed by atoms with Gasteiger partial charge in [-0.15, -0.1) is 0 Å². The fraction of sp³-hybridized carbons (Fsp3) is 0.316. The van der Waals surface area contributed by atoms with Crippen LogP contribution in [0.1, 0.15) is 35.7 Å². The van der Waals surface area contributed by atoms with Crippen LogP contribution in [0.15, 0.2) is 54.6 Å². The van der Waals surface area contributed by atoms with E-state index in [-0.39, 0.29) is 25.5 Å². The average molecular weight is 456 g/mol. The van der Waals surface area contributed by atoms with Crippen molar-refractivity contribution >= 4 is 29.4 Å². The maximum Gasteiger partial charge on any atom is 0.333 e. The Morgan fingerprint density at radius 1 is 1.15 bits per heavy atom. The van der Waals surface area contributed by atoms with E-state index in [0.717, 1.165) is 16.2 Å². The summed E-state index contributed by atoms with van der Waals surface area (Å²) in [5.74, 6) is -0.316. The molecule has 0 aliphatic heterocycles. The number of carbonyl (C=O) groups excluding carboxylic acids is 1. The van der Waals surface area contributed by atoms with Gasteiger partial charge in [-0.25, -0.2) is 5.06 Å². The highest BCUT2D eigenvalue weighted by Crippen LogP contribution is 2.54. The van der Waals surface area contributed by atoms with Crippen LogP contribution in [0, 0.1) is 0 Å². The van der Waals surface area contributed by atoms with Crippen molar-refractivity contribution in [3.05, 3.63) is 71.3 Å². The summed E-state index contributed by atoms with van der Waals surface area (Å²) < 4.78 is 12.1. The zero-order valence-electron chi connectivity index (χ0n) is 15.0. The molecule has 0 saturated carbocycles. The normalized spacial score (nSPS) is 12.6. The van der Waals surface area contributed by atoms with Gasteiger partial charge in [-0.2, -0.15) is 0 Å². The lowest BCUT2D eigenvalue weighted by Crippen LogP contribution is -2.30. The minimum absolute atomic E-state index is 0.0779. The first-order valence-electron chi connectivity index (χ1n) is 8.47. The van der Waals surface area contributed by atoms with E-state index in [1.54, 1.807) is 12.1 Å². The zero-order valence-corrected chi connectivity index (χ0v) is 17.5. The molecule has 0 saturated heterocycles. The fourth-order valence-electron chi connectivity index (χ4n) is 2.76. The third-order valence-electron chi connectivity index (χ3n) is 4.15. The highest BCUT2D eigenvalue weighted by Gasteiger charge is 2.32. The van der Waals surface area contributed by atoms with E-state index in [1.165, 1.54) is 6.92 Å². The SMILES string of the molecule is CC(=O)N(CCC(c1ccccc1CBr)P(=O)(O)O)OCc1ccccc1. The topological polar surface area (TPSA) is 87.1 Å². The molecular formula is C19H23BrNO5P. The van der Waals surface area contributed by atoms with Crippen molar-refractivity contribution < 1.29 is 24.0 Å². The van der Waals surface area contributed by atoms with E-state index in [0.29, 0.717) is 10.9 Å². The molecule has 8 heteroatoms. The Kier molecular flexibility index (Phi) is 8.20. The number of halogens is 1. The molecule has 6 nitrogen and oxygen atoms in total. The van der Waals surface area contributed by atoms with Gasteiger partial charge >= 0.3 is 7.60 Å². The van der Waals surface area contributed by atoms with Gasteiger partial charge in [-0.05, 0) is 23.1 Å². The lowest BCUT2D eigenvalue weighted by Gasteiger charge is -2.25. The maximum atomic E-state index is 12.1. The summed E-state index contributed by atoms with van der Waals surface area (Å²) >= 11 is 3.36. The summed E-state index contributed by atoms with van der Waals surface area (Å²) in [7, 11) is -4.42. The van der Waals surface area contributed by atoms with Crippen LogP contribution in [-0.2, 0) is 26.1 Å². The zero-order chi connectivity index (χ0) is 19.9. The molecule has 2 N–H and O–H groups in total. The van der Waals surface area contributed by atoms with E-state index in [2.05, 4.69) is 15.9 Å². The highest BCUT2D eigenvalue weighted by atomic mass is 79.9.